The van der Waals surface area contributed by atoms with E-state index in [1.807, 2.05) is 6.07 Å². The first-order valence-corrected chi connectivity index (χ1v) is 5.48. The largest absolute Gasteiger partial charge is 0.399 e. The number of nitrogens with two attached hydrogens (primary N) is 1. The van der Waals surface area contributed by atoms with Gasteiger partial charge < -0.3 is 15.8 Å². The Bertz CT molecular complexity index is 486. The van der Waals surface area contributed by atoms with E-state index in [-0.39, 0.29) is 18.6 Å². The molecule has 5 nitrogen and oxygen atoms in total. The number of hydrogen-bond donors (Lipinski definition) is 2. The van der Waals surface area contributed by atoms with E-state index in [4.69, 9.17) is 11.0 Å². The van der Waals surface area contributed by atoms with Crippen molar-refractivity contribution in [2.75, 3.05) is 24.3 Å². The maximum Gasteiger partial charge on any atom is 0.261 e. The van der Waals surface area contributed by atoms with Gasteiger partial charge in [-0.15, -0.1) is 0 Å². The standard InChI is InChI=1S/C12H13F2N3O2/c13-11(14)7-19-4-3-12(18)17-10-2-1-9(16)5-8(10)6-15/h1-2,5,11H,3-4,7,16H2,(H,17,18). The molecule has 0 aliphatic carbocycles. The molecular weight excluding hydrogens is 256 g/mol. The highest BCUT2D eigenvalue weighted by atomic mass is 19.3. The molecule has 0 heterocycles. The molecule has 0 atom stereocenters. The van der Waals surface area contributed by atoms with E-state index in [9.17, 15) is 13.6 Å². The molecule has 0 fully saturated rings. The summed E-state index contributed by atoms with van der Waals surface area (Å²) in [6.07, 6.45) is -2.62. The van der Waals surface area contributed by atoms with Crippen LogP contribution in [-0.2, 0) is 9.53 Å². The zero-order chi connectivity index (χ0) is 14.3. The van der Waals surface area contributed by atoms with Crippen LogP contribution in [0.2, 0.25) is 0 Å². The number of carbonyl (C=O) groups excluding carboxylic acids is 1. The Balaban J connectivity index is 2.47. The van der Waals surface area contributed by atoms with Gasteiger partial charge >= 0.3 is 0 Å². The number of nitrogens with one attached hydrogen (secondary N) is 1. The monoisotopic (exact) mass is 269 g/mol. The molecule has 0 radical (unpaired) electrons. The van der Waals surface area contributed by atoms with Crippen LogP contribution < -0.4 is 11.1 Å². The van der Waals surface area contributed by atoms with Crippen molar-refractivity contribution in [3.05, 3.63) is 23.8 Å². The van der Waals surface area contributed by atoms with Crippen LogP contribution in [-0.4, -0.2) is 25.5 Å². The van der Waals surface area contributed by atoms with E-state index >= 15 is 0 Å². The predicted molar refractivity (Wildman–Crippen MR) is 65.6 cm³/mol. The smallest absolute Gasteiger partial charge is 0.261 e. The maximum absolute atomic E-state index is 11.8. The summed E-state index contributed by atoms with van der Waals surface area (Å²) in [5, 5.41) is 11.4. The van der Waals surface area contributed by atoms with Crippen molar-refractivity contribution in [1.82, 2.24) is 0 Å². The lowest BCUT2D eigenvalue weighted by Crippen LogP contribution is -2.16. The summed E-state index contributed by atoms with van der Waals surface area (Å²) in [6.45, 7) is -0.800. The first-order chi connectivity index (χ1) is 9.02. The molecule has 102 valence electrons. The predicted octanol–water partition coefficient (Wildman–Crippen LogP) is 1.75. The maximum atomic E-state index is 11.8. The molecule has 1 aromatic carbocycles. The quantitative estimate of drug-likeness (QED) is 0.608. The summed E-state index contributed by atoms with van der Waals surface area (Å²) < 4.78 is 28.1. The molecular formula is C12H13F2N3O2. The van der Waals surface area contributed by atoms with Crippen molar-refractivity contribution < 1.29 is 18.3 Å². The minimum absolute atomic E-state index is 0.0675. The highest BCUT2D eigenvalue weighted by molar-refractivity contribution is 5.92. The summed E-state index contributed by atoms with van der Waals surface area (Å²) in [5.41, 5.74) is 6.48. The van der Waals surface area contributed by atoms with Gasteiger partial charge in [-0.3, -0.25) is 4.79 Å². The first-order valence-electron chi connectivity index (χ1n) is 5.48. The Morgan fingerprint density at radius 1 is 1.53 bits per heavy atom. The Morgan fingerprint density at radius 3 is 2.89 bits per heavy atom. The third kappa shape index (κ3) is 5.31. The highest BCUT2D eigenvalue weighted by Gasteiger charge is 2.08. The summed E-state index contributed by atoms with van der Waals surface area (Å²) in [7, 11) is 0. The van der Waals surface area contributed by atoms with Crippen molar-refractivity contribution in [3.8, 4) is 6.07 Å². The normalized spacial score (nSPS) is 10.2. The van der Waals surface area contributed by atoms with Gasteiger partial charge in [-0.05, 0) is 18.2 Å². The number of alkyl halides is 2. The molecule has 0 aliphatic rings. The Labute approximate surface area is 109 Å². The van der Waals surface area contributed by atoms with Crippen LogP contribution in [0.5, 0.6) is 0 Å². The SMILES string of the molecule is N#Cc1cc(N)ccc1NC(=O)CCOCC(F)F. The van der Waals surface area contributed by atoms with Crippen LogP contribution in [0.4, 0.5) is 20.2 Å². The topological polar surface area (TPSA) is 88.1 Å². The van der Waals surface area contributed by atoms with Crippen molar-refractivity contribution in [1.29, 1.82) is 5.26 Å². The highest BCUT2D eigenvalue weighted by Crippen LogP contribution is 2.18. The van der Waals surface area contributed by atoms with Crippen molar-refractivity contribution in [2.45, 2.75) is 12.8 Å². The molecule has 7 heteroatoms. The fraction of sp³-hybridized carbons (Fsp3) is 0.333. The van der Waals surface area contributed by atoms with Gasteiger partial charge in [0.1, 0.15) is 12.7 Å². The van der Waals surface area contributed by atoms with Crippen LogP contribution in [0.25, 0.3) is 0 Å². The third-order valence-electron chi connectivity index (χ3n) is 2.16. The van der Waals surface area contributed by atoms with Gasteiger partial charge in [-0.2, -0.15) is 5.26 Å². The van der Waals surface area contributed by atoms with Crippen molar-refractivity contribution in [2.24, 2.45) is 0 Å². The number of amides is 1. The van der Waals surface area contributed by atoms with Crippen LogP contribution in [0.3, 0.4) is 0 Å². The van der Waals surface area contributed by atoms with E-state index < -0.39 is 18.9 Å². The molecule has 3 N–H and O–H groups in total. The summed E-state index contributed by atoms with van der Waals surface area (Å²) >= 11 is 0. The second kappa shape index (κ2) is 7.28. The number of nitriles is 1. The van der Waals surface area contributed by atoms with Gasteiger partial charge in [0, 0.05) is 5.69 Å². The summed E-state index contributed by atoms with van der Waals surface area (Å²) in [4.78, 5) is 11.5. The van der Waals surface area contributed by atoms with Crippen molar-refractivity contribution >= 4 is 17.3 Å². The fourth-order valence-electron chi connectivity index (χ4n) is 1.31. The molecule has 1 aromatic rings. The van der Waals surface area contributed by atoms with E-state index in [0.29, 0.717) is 11.4 Å². The number of carbonyl (C=O) groups is 1. The van der Waals surface area contributed by atoms with Gasteiger partial charge in [0.25, 0.3) is 6.43 Å². The molecule has 1 rings (SSSR count). The molecule has 0 saturated carbocycles. The summed E-state index contributed by atoms with van der Waals surface area (Å²) in [5.74, 6) is -0.421. The Hall–Kier alpha value is -2.20. The fourth-order valence-corrected chi connectivity index (χ4v) is 1.31. The average molecular weight is 269 g/mol. The number of rotatable bonds is 6. The molecule has 0 saturated heterocycles. The van der Waals surface area contributed by atoms with Gasteiger partial charge in [0.05, 0.1) is 24.3 Å². The molecule has 1 amide bonds. The first kappa shape index (κ1) is 14.9. The molecule has 0 spiro atoms. The summed E-state index contributed by atoms with van der Waals surface area (Å²) in [6, 6.07) is 6.38. The molecule has 19 heavy (non-hydrogen) atoms. The minimum Gasteiger partial charge on any atom is -0.399 e. The second-order valence-corrected chi connectivity index (χ2v) is 3.68. The molecule has 0 bridgehead atoms. The number of ether oxygens (including phenoxy) is 1. The number of halogens is 2. The zero-order valence-corrected chi connectivity index (χ0v) is 10.0. The Kier molecular flexibility index (Phi) is 5.70. The lowest BCUT2D eigenvalue weighted by atomic mass is 10.1. The van der Waals surface area contributed by atoms with Gasteiger partial charge in [0.15, 0.2) is 0 Å². The van der Waals surface area contributed by atoms with Crippen LogP contribution in [0, 0.1) is 11.3 Å². The van der Waals surface area contributed by atoms with E-state index in [2.05, 4.69) is 10.1 Å². The number of hydrogen-bond acceptors (Lipinski definition) is 4. The van der Waals surface area contributed by atoms with Crippen LogP contribution in [0.1, 0.15) is 12.0 Å². The van der Waals surface area contributed by atoms with Crippen molar-refractivity contribution in [3.63, 3.8) is 0 Å². The number of nitrogens with zero attached hydrogens (tertiary/aromatic N) is 1. The lowest BCUT2D eigenvalue weighted by molar-refractivity contribution is -0.117. The molecule has 0 aromatic heterocycles. The number of nitrogen functional groups attached to an aromatic ring is 1. The minimum atomic E-state index is -2.55. The van der Waals surface area contributed by atoms with E-state index in [0.717, 1.165) is 0 Å². The average Bonchev–Trinajstić information content (AvgIpc) is 2.36. The molecule has 0 aliphatic heterocycles. The zero-order valence-electron chi connectivity index (χ0n) is 10.0. The Morgan fingerprint density at radius 2 is 2.26 bits per heavy atom. The lowest BCUT2D eigenvalue weighted by Gasteiger charge is -2.08. The van der Waals surface area contributed by atoms with Gasteiger partial charge in [0.2, 0.25) is 5.91 Å². The number of benzene rings is 1. The van der Waals surface area contributed by atoms with E-state index in [1.165, 1.54) is 12.1 Å². The van der Waals surface area contributed by atoms with E-state index in [1.54, 1.807) is 6.07 Å². The second-order valence-electron chi connectivity index (χ2n) is 3.68. The number of anilines is 2. The molecule has 0 unspecified atom stereocenters. The van der Waals surface area contributed by atoms with Gasteiger partial charge in [-0.1, -0.05) is 0 Å². The van der Waals surface area contributed by atoms with Crippen LogP contribution in [0.15, 0.2) is 18.2 Å². The third-order valence-corrected chi connectivity index (χ3v) is 2.16. The van der Waals surface area contributed by atoms with Gasteiger partial charge in [-0.25, -0.2) is 8.78 Å². The van der Waals surface area contributed by atoms with Crippen LogP contribution >= 0.6 is 0 Å².